The summed E-state index contributed by atoms with van der Waals surface area (Å²) in [5.74, 6) is -1.13. The summed E-state index contributed by atoms with van der Waals surface area (Å²) in [4.78, 5) is 20.1. The van der Waals surface area contributed by atoms with Crippen LogP contribution < -0.4 is 0 Å². The summed E-state index contributed by atoms with van der Waals surface area (Å²) in [5, 5.41) is 0.824. The highest BCUT2D eigenvalue weighted by atomic mass is 32.2. The minimum Gasteiger partial charge on any atom is -0.356 e. The van der Waals surface area contributed by atoms with Crippen molar-refractivity contribution in [1.29, 1.82) is 0 Å². The molecule has 1 atom stereocenters. The SMILES string of the molecule is O=C(CSc1ccc(C(F)(F)F)cn1)N1CCCc2c([nH]c3ccccc23)C1C(F)(F)F. The highest BCUT2D eigenvalue weighted by Crippen LogP contribution is 2.43. The first-order chi connectivity index (χ1) is 15.1. The van der Waals surface area contributed by atoms with E-state index in [1.807, 2.05) is 0 Å². The predicted molar refractivity (Wildman–Crippen MR) is 107 cm³/mol. The van der Waals surface area contributed by atoms with Gasteiger partial charge in [0.2, 0.25) is 5.91 Å². The third kappa shape index (κ3) is 4.43. The van der Waals surface area contributed by atoms with Crippen molar-refractivity contribution in [2.45, 2.75) is 36.3 Å². The van der Waals surface area contributed by atoms with Crippen molar-refractivity contribution in [2.75, 3.05) is 12.3 Å². The van der Waals surface area contributed by atoms with Crippen LogP contribution in [0.2, 0.25) is 0 Å². The summed E-state index contributed by atoms with van der Waals surface area (Å²) >= 11 is 0.800. The lowest BCUT2D eigenvalue weighted by Gasteiger charge is -2.31. The maximum absolute atomic E-state index is 14.1. The van der Waals surface area contributed by atoms with E-state index in [9.17, 15) is 31.1 Å². The van der Waals surface area contributed by atoms with Crippen LogP contribution in [0.3, 0.4) is 0 Å². The number of thioether (sulfide) groups is 1. The van der Waals surface area contributed by atoms with Gasteiger partial charge in [0.25, 0.3) is 0 Å². The Morgan fingerprint density at radius 3 is 2.53 bits per heavy atom. The summed E-state index contributed by atoms with van der Waals surface area (Å²) in [6, 6.07) is 6.71. The molecule has 32 heavy (non-hydrogen) atoms. The molecule has 4 rings (SSSR count). The molecule has 0 aliphatic carbocycles. The largest absolute Gasteiger partial charge is 0.417 e. The molecular formula is C21H17F6N3OS. The molecule has 0 bridgehead atoms. The number of pyridine rings is 1. The number of benzene rings is 1. The number of hydrogen-bond donors (Lipinski definition) is 1. The molecule has 4 nitrogen and oxygen atoms in total. The van der Waals surface area contributed by atoms with Crippen LogP contribution in [0.5, 0.6) is 0 Å². The smallest absolute Gasteiger partial charge is 0.356 e. The van der Waals surface area contributed by atoms with Crippen molar-refractivity contribution in [3.05, 3.63) is 59.4 Å². The number of nitrogens with one attached hydrogen (secondary N) is 1. The molecule has 1 N–H and O–H groups in total. The van der Waals surface area contributed by atoms with Crippen LogP contribution in [-0.4, -0.2) is 39.2 Å². The van der Waals surface area contributed by atoms with E-state index in [0.29, 0.717) is 35.5 Å². The van der Waals surface area contributed by atoms with Gasteiger partial charge in [0.1, 0.15) is 0 Å². The molecular weight excluding hydrogens is 456 g/mol. The molecule has 1 unspecified atom stereocenters. The number of alkyl halides is 6. The molecule has 1 aliphatic rings. The highest BCUT2D eigenvalue weighted by Gasteiger charge is 2.49. The Bertz CT molecular complexity index is 1120. The normalized spacial score (nSPS) is 17.3. The molecule has 1 aromatic carbocycles. The number of aromatic nitrogens is 2. The standard InChI is InChI=1S/C21H17F6N3OS/c22-20(23,24)12-7-8-16(28-10-12)32-11-17(31)30-9-3-5-14-13-4-1-2-6-15(13)29-18(14)19(30)21(25,26)27/h1-2,4,6-8,10,19,29H,3,5,9,11H2. The Balaban J connectivity index is 1.58. The number of para-hydroxylation sites is 1. The third-order valence-corrected chi connectivity index (χ3v) is 6.22. The quantitative estimate of drug-likeness (QED) is 0.389. The van der Waals surface area contributed by atoms with Gasteiger partial charge >= 0.3 is 12.4 Å². The Morgan fingerprint density at radius 2 is 1.88 bits per heavy atom. The number of fused-ring (bicyclic) bond motifs is 3. The Labute approximate surface area is 183 Å². The van der Waals surface area contributed by atoms with Gasteiger partial charge in [-0.2, -0.15) is 26.3 Å². The Kier molecular flexibility index (Phi) is 5.87. The average Bonchev–Trinajstić information content (AvgIpc) is 2.96. The summed E-state index contributed by atoms with van der Waals surface area (Å²) < 4.78 is 80.3. The van der Waals surface area contributed by atoms with Gasteiger partial charge in [-0.3, -0.25) is 4.79 Å². The number of carbonyl (C=O) groups excluding carboxylic acids is 1. The van der Waals surface area contributed by atoms with Gasteiger partial charge in [-0.15, -0.1) is 0 Å². The fraction of sp³-hybridized carbons (Fsp3) is 0.333. The zero-order valence-electron chi connectivity index (χ0n) is 16.4. The Hall–Kier alpha value is -2.69. The molecule has 0 radical (unpaired) electrons. The number of aryl methyl sites for hydroxylation is 1. The molecule has 11 heteroatoms. The van der Waals surface area contributed by atoms with Crippen molar-refractivity contribution < 1.29 is 31.1 Å². The van der Waals surface area contributed by atoms with Crippen molar-refractivity contribution in [2.24, 2.45) is 0 Å². The zero-order chi connectivity index (χ0) is 23.1. The van der Waals surface area contributed by atoms with Gasteiger partial charge in [-0.05, 0) is 36.6 Å². The van der Waals surface area contributed by atoms with Gasteiger partial charge in [0, 0.05) is 23.6 Å². The summed E-state index contributed by atoms with van der Waals surface area (Å²) in [5.41, 5.74) is 0.144. The number of aromatic amines is 1. The van der Waals surface area contributed by atoms with Crippen LogP contribution >= 0.6 is 11.8 Å². The van der Waals surface area contributed by atoms with E-state index in [2.05, 4.69) is 9.97 Å². The van der Waals surface area contributed by atoms with Crippen LogP contribution in [0.25, 0.3) is 10.9 Å². The van der Waals surface area contributed by atoms with Crippen LogP contribution in [-0.2, 0) is 17.4 Å². The molecule has 1 amide bonds. The number of nitrogens with zero attached hydrogens (tertiary/aromatic N) is 2. The lowest BCUT2D eigenvalue weighted by Crippen LogP contribution is -2.43. The van der Waals surface area contributed by atoms with E-state index in [-0.39, 0.29) is 23.0 Å². The molecule has 1 aliphatic heterocycles. The summed E-state index contributed by atoms with van der Waals surface area (Å²) in [7, 11) is 0. The van der Waals surface area contributed by atoms with Gasteiger partial charge < -0.3 is 9.88 Å². The molecule has 0 saturated heterocycles. The molecule has 3 aromatic rings. The Morgan fingerprint density at radius 1 is 1.12 bits per heavy atom. The van der Waals surface area contributed by atoms with E-state index in [1.54, 1.807) is 24.3 Å². The van der Waals surface area contributed by atoms with Gasteiger partial charge in [-0.1, -0.05) is 30.0 Å². The van der Waals surface area contributed by atoms with Crippen LogP contribution in [0, 0.1) is 0 Å². The number of halogens is 6. The first-order valence-electron chi connectivity index (χ1n) is 9.67. The van der Waals surface area contributed by atoms with Gasteiger partial charge in [-0.25, -0.2) is 4.98 Å². The van der Waals surface area contributed by atoms with Crippen molar-refractivity contribution in [3.8, 4) is 0 Å². The van der Waals surface area contributed by atoms with Crippen molar-refractivity contribution in [3.63, 3.8) is 0 Å². The second-order valence-corrected chi connectivity index (χ2v) is 8.36. The molecule has 0 fully saturated rings. The zero-order valence-corrected chi connectivity index (χ0v) is 17.2. The highest BCUT2D eigenvalue weighted by molar-refractivity contribution is 7.99. The molecule has 0 spiro atoms. The summed E-state index contributed by atoms with van der Waals surface area (Å²) in [6.07, 6.45) is -7.87. The number of carbonyl (C=O) groups is 1. The number of amides is 1. The summed E-state index contributed by atoms with van der Waals surface area (Å²) in [6.45, 7) is -0.0825. The lowest BCUT2D eigenvalue weighted by atomic mass is 10.0. The van der Waals surface area contributed by atoms with E-state index < -0.39 is 29.9 Å². The van der Waals surface area contributed by atoms with Crippen LogP contribution in [0.1, 0.15) is 29.3 Å². The number of rotatable bonds is 3. The third-order valence-electron chi connectivity index (χ3n) is 5.30. The maximum Gasteiger partial charge on any atom is 0.417 e. The monoisotopic (exact) mass is 473 g/mol. The van der Waals surface area contributed by atoms with Crippen LogP contribution in [0.15, 0.2) is 47.6 Å². The van der Waals surface area contributed by atoms with E-state index in [0.717, 1.165) is 28.8 Å². The van der Waals surface area contributed by atoms with Crippen molar-refractivity contribution in [1.82, 2.24) is 14.9 Å². The predicted octanol–water partition coefficient (Wildman–Crippen LogP) is 5.75. The fourth-order valence-corrected chi connectivity index (χ4v) is 4.62. The fourth-order valence-electron chi connectivity index (χ4n) is 3.90. The molecule has 170 valence electrons. The lowest BCUT2D eigenvalue weighted by molar-refractivity contribution is -0.191. The number of hydrogen-bond acceptors (Lipinski definition) is 3. The molecule has 2 aromatic heterocycles. The first kappa shape index (κ1) is 22.5. The average molecular weight is 473 g/mol. The van der Waals surface area contributed by atoms with E-state index in [4.69, 9.17) is 0 Å². The second kappa shape index (κ2) is 8.34. The second-order valence-electron chi connectivity index (χ2n) is 7.37. The topological polar surface area (TPSA) is 49.0 Å². The van der Waals surface area contributed by atoms with E-state index in [1.165, 1.54) is 0 Å². The van der Waals surface area contributed by atoms with Gasteiger partial charge in [0.05, 0.1) is 22.0 Å². The maximum atomic E-state index is 14.1. The van der Waals surface area contributed by atoms with Crippen LogP contribution in [0.4, 0.5) is 26.3 Å². The molecule has 0 saturated carbocycles. The number of H-pyrrole nitrogens is 1. The minimum absolute atomic E-state index is 0.0396. The van der Waals surface area contributed by atoms with Gasteiger partial charge in [0.15, 0.2) is 6.04 Å². The van der Waals surface area contributed by atoms with Crippen molar-refractivity contribution >= 4 is 28.6 Å². The van der Waals surface area contributed by atoms with E-state index >= 15 is 0 Å². The molecule has 3 heterocycles. The minimum atomic E-state index is -4.70. The first-order valence-corrected chi connectivity index (χ1v) is 10.7.